The van der Waals surface area contributed by atoms with Gasteiger partial charge in [-0.25, -0.2) is 0 Å². The van der Waals surface area contributed by atoms with Crippen LogP contribution in [0.5, 0.6) is 0 Å². The third-order valence-electron chi connectivity index (χ3n) is 0. The molecule has 0 aromatic heterocycles. The van der Waals surface area contributed by atoms with Crippen LogP contribution in [0.25, 0.3) is 0 Å². The van der Waals surface area contributed by atoms with E-state index in [0.717, 1.165) is 0 Å². The molecule has 0 aromatic rings. The van der Waals surface area contributed by atoms with Crippen molar-refractivity contribution in [3.8, 4) is 0 Å². The summed E-state index contributed by atoms with van der Waals surface area (Å²) in [4.78, 5) is 0. The Kier molecular flexibility index (Phi) is 16.9. The maximum atomic E-state index is 4.95. The predicted octanol–water partition coefficient (Wildman–Crippen LogP) is 2.91. The van der Waals surface area contributed by atoms with Crippen molar-refractivity contribution in [1.82, 2.24) is 0 Å². The van der Waals surface area contributed by atoms with Gasteiger partial charge >= 0.3 is 42.1 Å². The van der Waals surface area contributed by atoms with Crippen LogP contribution < -0.4 is 0 Å². The van der Waals surface area contributed by atoms with Gasteiger partial charge in [-0.3, -0.25) is 0 Å². The third kappa shape index (κ3) is 49.7. The maximum absolute atomic E-state index is 4.95. The molecule has 0 N–H and O–H groups in total. The first-order valence-corrected chi connectivity index (χ1v) is 7.82. The molecule has 0 unspecified atom stereocenters. The van der Waals surface area contributed by atoms with Crippen molar-refractivity contribution in [1.29, 1.82) is 0 Å². The standard InChI is InChI=1S/C2H5.3ClH.Ru/c1-2;;;;/h1H2,2H3;3*1H;/q-1;;;;+3/p-3. The summed E-state index contributed by atoms with van der Waals surface area (Å²) in [7, 11) is 14.8. The molecule has 0 aliphatic heterocycles. The second-order valence-corrected chi connectivity index (χ2v) is 8.07. The van der Waals surface area contributed by atoms with E-state index in [1.165, 1.54) is 0 Å². The van der Waals surface area contributed by atoms with E-state index in [2.05, 4.69) is 6.92 Å². The summed E-state index contributed by atoms with van der Waals surface area (Å²) in [6, 6.07) is 0. The van der Waals surface area contributed by atoms with Gasteiger partial charge in [-0.1, -0.05) is 0 Å². The molecular formula is C2H5Cl3Ru-. The summed E-state index contributed by atoms with van der Waals surface area (Å²) < 4.78 is 0. The molecule has 4 heteroatoms. The Bertz CT molecular complexity index is 13.5. The van der Waals surface area contributed by atoms with E-state index in [9.17, 15) is 0 Å². The van der Waals surface area contributed by atoms with Crippen LogP contribution in [0.1, 0.15) is 6.92 Å². The minimum absolute atomic E-state index is 1.75. The van der Waals surface area contributed by atoms with E-state index < -0.39 is 13.0 Å². The average Bonchev–Trinajstić information content (AvgIpc) is 1.41. The Morgan fingerprint density at radius 1 is 1.17 bits per heavy atom. The molecule has 0 saturated carbocycles. The zero-order chi connectivity index (χ0) is 5.58. The van der Waals surface area contributed by atoms with E-state index in [1.807, 2.05) is 0 Å². The average molecular weight is 236 g/mol. The van der Waals surface area contributed by atoms with Crippen molar-refractivity contribution in [2.45, 2.75) is 6.92 Å². The molecule has 0 aromatic carbocycles. The minimum atomic E-state index is -1.75. The fourth-order valence-electron chi connectivity index (χ4n) is 0. The molecular weight excluding hydrogens is 231 g/mol. The van der Waals surface area contributed by atoms with Crippen LogP contribution in [0.3, 0.4) is 0 Å². The molecule has 0 radical (unpaired) electrons. The molecule has 6 heavy (non-hydrogen) atoms. The van der Waals surface area contributed by atoms with Crippen molar-refractivity contribution in [2.75, 3.05) is 0 Å². The molecule has 0 aliphatic rings. The van der Waals surface area contributed by atoms with E-state index >= 15 is 0 Å². The molecule has 0 spiro atoms. The van der Waals surface area contributed by atoms with Crippen LogP contribution in [0.2, 0.25) is 0 Å². The van der Waals surface area contributed by atoms with E-state index in [0.29, 0.717) is 0 Å². The molecule has 0 fully saturated rings. The van der Waals surface area contributed by atoms with Gasteiger partial charge in [0.2, 0.25) is 0 Å². The van der Waals surface area contributed by atoms with Crippen molar-refractivity contribution >= 4 is 29.1 Å². The summed E-state index contributed by atoms with van der Waals surface area (Å²) in [5.41, 5.74) is 0. The van der Waals surface area contributed by atoms with Crippen LogP contribution in [0.15, 0.2) is 0 Å². The van der Waals surface area contributed by atoms with Crippen LogP contribution in [0.4, 0.5) is 0 Å². The SMILES string of the molecule is [CH2-]C.[Cl][Ru]([Cl])[Cl]. The molecule has 0 atom stereocenters. The van der Waals surface area contributed by atoms with Gasteiger partial charge in [0.1, 0.15) is 0 Å². The second-order valence-electron chi connectivity index (χ2n) is 0.152. The summed E-state index contributed by atoms with van der Waals surface area (Å²) in [6.45, 7) is 5.00. The van der Waals surface area contributed by atoms with Gasteiger partial charge in [-0.05, 0) is 0 Å². The van der Waals surface area contributed by atoms with E-state index in [4.69, 9.17) is 29.1 Å². The Morgan fingerprint density at radius 3 is 1.17 bits per heavy atom. The number of hydrogen-bond donors (Lipinski definition) is 0. The summed E-state index contributed by atoms with van der Waals surface area (Å²) >= 11 is -1.75. The first-order valence-electron chi connectivity index (χ1n) is 1.11. The fourth-order valence-corrected chi connectivity index (χ4v) is 0. The van der Waals surface area contributed by atoms with Crippen molar-refractivity contribution in [3.63, 3.8) is 0 Å². The summed E-state index contributed by atoms with van der Waals surface area (Å²) in [5, 5.41) is 0. The van der Waals surface area contributed by atoms with Crippen LogP contribution in [0, 0.1) is 6.92 Å². The third-order valence-corrected chi connectivity index (χ3v) is 0. The summed E-state index contributed by atoms with van der Waals surface area (Å²) in [6.07, 6.45) is 0. The topological polar surface area (TPSA) is 0 Å². The molecule has 0 heterocycles. The predicted molar refractivity (Wildman–Crippen MR) is 28.6 cm³/mol. The normalized spacial score (nSPS) is 8.50. The molecule has 0 rings (SSSR count). The van der Waals surface area contributed by atoms with E-state index in [-0.39, 0.29) is 0 Å². The molecule has 0 saturated heterocycles. The molecule has 0 bridgehead atoms. The van der Waals surface area contributed by atoms with Gasteiger partial charge in [0, 0.05) is 0 Å². The van der Waals surface area contributed by atoms with E-state index in [1.54, 1.807) is 6.92 Å². The molecule has 0 nitrogen and oxygen atoms in total. The van der Waals surface area contributed by atoms with Crippen molar-refractivity contribution in [3.05, 3.63) is 6.92 Å². The first-order chi connectivity index (χ1) is 2.73. The van der Waals surface area contributed by atoms with Crippen molar-refractivity contribution in [2.24, 2.45) is 0 Å². The Hall–Kier alpha value is 1.49. The zero-order valence-corrected chi connectivity index (χ0v) is 7.20. The van der Waals surface area contributed by atoms with Gasteiger partial charge in [0.05, 0.1) is 0 Å². The number of hydrogen-bond acceptors (Lipinski definition) is 0. The molecule has 0 aliphatic carbocycles. The van der Waals surface area contributed by atoms with Crippen molar-refractivity contribution < 1.29 is 13.0 Å². The van der Waals surface area contributed by atoms with Crippen LogP contribution in [-0.4, -0.2) is 0 Å². The Balaban J connectivity index is 0. The molecule has 43 valence electrons. The van der Waals surface area contributed by atoms with Gasteiger partial charge < -0.3 is 6.92 Å². The summed E-state index contributed by atoms with van der Waals surface area (Å²) in [5.74, 6) is 0. The quantitative estimate of drug-likeness (QED) is 0.448. The fraction of sp³-hybridized carbons (Fsp3) is 0.500. The second kappa shape index (κ2) is 9.71. The Morgan fingerprint density at radius 2 is 1.17 bits per heavy atom. The van der Waals surface area contributed by atoms with Gasteiger partial charge in [-0.2, -0.15) is 6.92 Å². The number of halogens is 3. The van der Waals surface area contributed by atoms with Crippen LogP contribution in [-0.2, 0) is 13.0 Å². The Labute approximate surface area is 55.8 Å². The first kappa shape index (κ1) is 10.5. The number of rotatable bonds is 0. The van der Waals surface area contributed by atoms with Gasteiger partial charge in [0.15, 0.2) is 0 Å². The van der Waals surface area contributed by atoms with Crippen LogP contribution >= 0.6 is 29.1 Å². The zero-order valence-electron chi connectivity index (χ0n) is 3.19. The van der Waals surface area contributed by atoms with Gasteiger partial charge in [0.25, 0.3) is 0 Å². The monoisotopic (exact) mass is 236 g/mol. The van der Waals surface area contributed by atoms with Gasteiger partial charge in [-0.15, -0.1) is 0 Å². The molecule has 0 amide bonds.